The number of amides is 2. The monoisotopic (exact) mass is 415 g/mol. The van der Waals surface area contributed by atoms with Crippen molar-refractivity contribution in [2.45, 2.75) is 30.3 Å². The van der Waals surface area contributed by atoms with Crippen LogP contribution in [-0.4, -0.2) is 72.8 Å². The fourth-order valence-corrected chi connectivity index (χ4v) is 4.56. The van der Waals surface area contributed by atoms with Gasteiger partial charge in [0.15, 0.2) is 0 Å². The molecule has 2 aliphatic rings. The van der Waals surface area contributed by atoms with Crippen molar-refractivity contribution in [1.82, 2.24) is 9.80 Å². The Morgan fingerprint density at radius 2 is 1.71 bits per heavy atom. The molecule has 0 N–H and O–H groups in total. The number of fused-ring (bicyclic) bond motifs is 1. The first-order valence-electron chi connectivity index (χ1n) is 9.42. The molecule has 1 aromatic carbocycles. The van der Waals surface area contributed by atoms with Crippen molar-refractivity contribution in [2.24, 2.45) is 0 Å². The lowest BCUT2D eigenvalue weighted by atomic mass is 10.2. The van der Waals surface area contributed by atoms with E-state index >= 15 is 0 Å². The first-order chi connectivity index (χ1) is 13.3. The van der Waals surface area contributed by atoms with Crippen molar-refractivity contribution in [2.75, 3.05) is 49.9 Å². The number of nitrogens with zero attached hydrogens (tertiary/aromatic N) is 3. The highest BCUT2D eigenvalue weighted by Gasteiger charge is 2.32. The normalized spacial score (nSPS) is 18.5. The van der Waals surface area contributed by atoms with E-state index in [1.54, 1.807) is 21.6 Å². The summed E-state index contributed by atoms with van der Waals surface area (Å²) in [6, 6.07) is 7.71. The number of carbonyl (C=O) groups is 2. The maximum atomic E-state index is 12.6. The van der Waals surface area contributed by atoms with Crippen molar-refractivity contribution < 1.29 is 22.8 Å². The molecule has 0 aromatic heterocycles. The maximum absolute atomic E-state index is 12.6. The lowest BCUT2D eigenvalue weighted by Crippen LogP contribution is -2.39. The van der Waals surface area contributed by atoms with E-state index in [0.717, 1.165) is 16.3 Å². The molecule has 9 heteroatoms. The van der Waals surface area contributed by atoms with Gasteiger partial charge in [0.05, 0.1) is 12.2 Å². The Balaban J connectivity index is 1.50. The third-order valence-corrected chi connectivity index (χ3v) is 5.97. The van der Waals surface area contributed by atoms with Gasteiger partial charge in [0.25, 0.3) is 0 Å². The van der Waals surface area contributed by atoms with E-state index in [1.165, 1.54) is 4.90 Å². The van der Waals surface area contributed by atoms with Gasteiger partial charge in [0.2, 0.25) is 11.8 Å². The summed E-state index contributed by atoms with van der Waals surface area (Å²) in [5, 5.41) is 0. The van der Waals surface area contributed by atoms with Crippen LogP contribution in [0.2, 0.25) is 0 Å². The van der Waals surface area contributed by atoms with Gasteiger partial charge in [-0.15, -0.1) is 11.8 Å². The highest BCUT2D eigenvalue weighted by molar-refractivity contribution is 7.99. The second-order valence-corrected chi connectivity index (χ2v) is 8.12. The first-order valence-corrected chi connectivity index (χ1v) is 10.4. The molecule has 0 spiro atoms. The molecule has 0 unspecified atom stereocenters. The van der Waals surface area contributed by atoms with Crippen molar-refractivity contribution in [3.05, 3.63) is 24.3 Å². The molecule has 2 heterocycles. The van der Waals surface area contributed by atoms with Crippen LogP contribution in [0.1, 0.15) is 19.3 Å². The summed E-state index contributed by atoms with van der Waals surface area (Å²) in [7, 11) is 0. The van der Waals surface area contributed by atoms with E-state index in [1.807, 2.05) is 24.3 Å². The second-order valence-electron chi connectivity index (χ2n) is 6.99. The Hall–Kier alpha value is -1.74. The molecule has 28 heavy (non-hydrogen) atoms. The van der Waals surface area contributed by atoms with Crippen LogP contribution in [0.15, 0.2) is 29.2 Å². The number of rotatable bonds is 4. The lowest BCUT2D eigenvalue weighted by molar-refractivity contribution is -0.145. The largest absolute Gasteiger partial charge is 0.401 e. The predicted molar refractivity (Wildman–Crippen MR) is 102 cm³/mol. The third kappa shape index (κ3) is 5.64. The summed E-state index contributed by atoms with van der Waals surface area (Å²) in [6.45, 7) is 0.905. The second kappa shape index (κ2) is 9.17. The van der Waals surface area contributed by atoms with Gasteiger partial charge in [-0.2, -0.15) is 13.2 Å². The number of carbonyl (C=O) groups excluding carboxylic acids is 2. The molecule has 2 aliphatic heterocycles. The predicted octanol–water partition coefficient (Wildman–Crippen LogP) is 3.00. The van der Waals surface area contributed by atoms with Crippen LogP contribution in [-0.2, 0) is 9.59 Å². The van der Waals surface area contributed by atoms with E-state index in [0.29, 0.717) is 26.1 Å². The van der Waals surface area contributed by atoms with Crippen molar-refractivity contribution in [3.8, 4) is 0 Å². The van der Waals surface area contributed by atoms with E-state index in [-0.39, 0.29) is 37.7 Å². The molecule has 0 aliphatic carbocycles. The highest BCUT2D eigenvalue weighted by Crippen LogP contribution is 2.34. The number of halogens is 3. The molecular weight excluding hydrogens is 391 g/mol. The number of alkyl halides is 3. The minimum absolute atomic E-state index is 0.0872. The first kappa shape index (κ1) is 21.0. The minimum atomic E-state index is -4.23. The van der Waals surface area contributed by atoms with Crippen LogP contribution in [0.25, 0.3) is 0 Å². The smallest absolute Gasteiger partial charge is 0.341 e. The van der Waals surface area contributed by atoms with E-state index in [4.69, 9.17) is 0 Å². The summed E-state index contributed by atoms with van der Waals surface area (Å²) in [5.41, 5.74) is 0.883. The summed E-state index contributed by atoms with van der Waals surface area (Å²) < 4.78 is 37.7. The Bertz CT molecular complexity index is 714. The maximum Gasteiger partial charge on any atom is 0.401 e. The molecule has 0 atom stereocenters. The van der Waals surface area contributed by atoms with E-state index in [9.17, 15) is 22.8 Å². The molecule has 1 fully saturated rings. The van der Waals surface area contributed by atoms with Gasteiger partial charge < -0.3 is 9.80 Å². The van der Waals surface area contributed by atoms with Gasteiger partial charge in [-0.3, -0.25) is 14.5 Å². The molecule has 2 amide bonds. The SMILES string of the molecule is O=C(CCC(=O)N1CCSc2ccccc21)N1CCCN(CC(F)(F)F)CC1. The molecule has 1 saturated heterocycles. The zero-order chi connectivity index (χ0) is 20.1. The number of benzene rings is 1. The van der Waals surface area contributed by atoms with Crippen LogP contribution in [0.5, 0.6) is 0 Å². The summed E-state index contributed by atoms with van der Waals surface area (Å²) in [4.78, 5) is 30.8. The van der Waals surface area contributed by atoms with Gasteiger partial charge in [0.1, 0.15) is 0 Å². The van der Waals surface area contributed by atoms with E-state index in [2.05, 4.69) is 0 Å². The molecule has 5 nitrogen and oxygen atoms in total. The minimum Gasteiger partial charge on any atom is -0.341 e. The zero-order valence-corrected chi connectivity index (χ0v) is 16.4. The molecule has 154 valence electrons. The van der Waals surface area contributed by atoms with Crippen LogP contribution < -0.4 is 4.90 Å². The molecule has 0 saturated carbocycles. The van der Waals surface area contributed by atoms with E-state index < -0.39 is 12.7 Å². The van der Waals surface area contributed by atoms with Gasteiger partial charge in [-0.05, 0) is 18.6 Å². The lowest BCUT2D eigenvalue weighted by Gasteiger charge is -2.29. The molecule has 0 radical (unpaired) electrons. The van der Waals surface area contributed by atoms with Crippen LogP contribution in [0.4, 0.5) is 18.9 Å². The molecule has 1 aromatic rings. The van der Waals surface area contributed by atoms with Crippen molar-refractivity contribution in [3.63, 3.8) is 0 Å². The molecule has 0 bridgehead atoms. The zero-order valence-electron chi connectivity index (χ0n) is 15.6. The molecular formula is C19H24F3N3O2S. The summed E-state index contributed by atoms with van der Waals surface area (Å²) in [6.07, 6.45) is -3.52. The van der Waals surface area contributed by atoms with Crippen molar-refractivity contribution in [1.29, 1.82) is 0 Å². The van der Waals surface area contributed by atoms with Gasteiger partial charge in [0, 0.05) is 56.2 Å². The Morgan fingerprint density at radius 3 is 2.50 bits per heavy atom. The molecule has 3 rings (SSSR count). The number of anilines is 1. The number of hydrogen-bond acceptors (Lipinski definition) is 4. The van der Waals surface area contributed by atoms with Crippen LogP contribution >= 0.6 is 11.8 Å². The third-order valence-electron chi connectivity index (χ3n) is 4.93. The Labute approximate surface area is 166 Å². The number of para-hydroxylation sites is 1. The van der Waals surface area contributed by atoms with Crippen molar-refractivity contribution >= 4 is 29.3 Å². The number of hydrogen-bond donors (Lipinski definition) is 0. The number of thioether (sulfide) groups is 1. The average Bonchev–Trinajstić information content (AvgIpc) is 2.89. The van der Waals surface area contributed by atoms with Crippen LogP contribution in [0.3, 0.4) is 0 Å². The quantitative estimate of drug-likeness (QED) is 0.759. The van der Waals surface area contributed by atoms with Gasteiger partial charge >= 0.3 is 6.18 Å². The average molecular weight is 415 g/mol. The topological polar surface area (TPSA) is 43.9 Å². The van der Waals surface area contributed by atoms with Gasteiger partial charge in [-0.25, -0.2) is 0 Å². The Kier molecular flexibility index (Phi) is 6.87. The summed E-state index contributed by atoms with van der Waals surface area (Å²) >= 11 is 1.71. The standard InChI is InChI=1S/C19H24F3N3O2S/c20-19(21,22)14-23-8-3-9-24(11-10-23)17(26)6-7-18(27)25-12-13-28-16-5-2-1-4-15(16)25/h1-2,4-5H,3,6-14H2. The van der Waals surface area contributed by atoms with Crippen LogP contribution in [0, 0.1) is 0 Å². The fraction of sp³-hybridized carbons (Fsp3) is 0.579. The van der Waals surface area contributed by atoms with Gasteiger partial charge in [-0.1, -0.05) is 12.1 Å². The summed E-state index contributed by atoms with van der Waals surface area (Å²) in [5.74, 6) is 0.564. The fourth-order valence-electron chi connectivity index (χ4n) is 3.57. The Morgan fingerprint density at radius 1 is 0.964 bits per heavy atom. The highest BCUT2D eigenvalue weighted by atomic mass is 32.2.